The lowest BCUT2D eigenvalue weighted by molar-refractivity contribution is 0.778. The van der Waals surface area contributed by atoms with Crippen LogP contribution in [0.25, 0.3) is 0 Å². The first kappa shape index (κ1) is 11.4. The van der Waals surface area contributed by atoms with Crippen molar-refractivity contribution < 1.29 is 0 Å². The number of nitrogens with two attached hydrogens (primary N) is 1. The Balaban J connectivity index is 1.97. The van der Waals surface area contributed by atoms with Gasteiger partial charge in [-0.2, -0.15) is 0 Å². The predicted molar refractivity (Wildman–Crippen MR) is 71.4 cm³/mol. The van der Waals surface area contributed by atoms with Crippen molar-refractivity contribution in [3.8, 4) is 0 Å². The Morgan fingerprint density at radius 2 is 2.06 bits per heavy atom. The minimum absolute atomic E-state index is 0.157. The fraction of sp³-hybridized carbons (Fsp3) is 0.333. The summed E-state index contributed by atoms with van der Waals surface area (Å²) < 4.78 is 0. The van der Waals surface area contributed by atoms with E-state index in [2.05, 4.69) is 28.2 Å². The highest BCUT2D eigenvalue weighted by atomic mass is 14.8. The Kier molecular flexibility index (Phi) is 3.07. The molecule has 1 heterocycles. The maximum atomic E-state index is 5.91. The maximum absolute atomic E-state index is 5.91. The van der Waals surface area contributed by atoms with Crippen LogP contribution in [0.2, 0.25) is 0 Å². The molecule has 92 valence electrons. The van der Waals surface area contributed by atoms with Crippen molar-refractivity contribution in [3.05, 3.63) is 59.2 Å². The number of fused-ring (bicyclic) bond motifs is 1. The lowest BCUT2D eigenvalue weighted by atomic mass is 9.93. The molecule has 0 saturated heterocycles. The largest absolute Gasteiger partial charge is 0.329 e. The van der Waals surface area contributed by atoms with Crippen LogP contribution in [-0.4, -0.2) is 16.5 Å². The molecule has 0 fully saturated rings. The number of nitrogens with zero attached hydrogens (tertiary/aromatic N) is 2. The summed E-state index contributed by atoms with van der Waals surface area (Å²) in [6.07, 6.45) is 8.92. The number of aryl methyl sites for hydroxylation is 2. The number of hydrogen-bond acceptors (Lipinski definition) is 3. The smallest absolute Gasteiger partial charge is 0.0674 e. The topological polar surface area (TPSA) is 51.8 Å². The molecule has 0 amide bonds. The fourth-order valence-corrected chi connectivity index (χ4v) is 2.73. The van der Waals surface area contributed by atoms with Gasteiger partial charge in [-0.1, -0.05) is 18.2 Å². The standard InChI is InChI=1S/C15H17N3/c16-9-14(15-10-17-6-7-18-15)13-5-4-11-2-1-3-12(11)8-13/h4-8,10,14H,1-3,9,16H2. The van der Waals surface area contributed by atoms with Crippen LogP contribution < -0.4 is 5.73 Å². The van der Waals surface area contributed by atoms with Crippen molar-refractivity contribution in [2.75, 3.05) is 6.54 Å². The quantitative estimate of drug-likeness (QED) is 0.892. The zero-order valence-electron chi connectivity index (χ0n) is 10.3. The van der Waals surface area contributed by atoms with E-state index < -0.39 is 0 Å². The average molecular weight is 239 g/mol. The zero-order valence-corrected chi connectivity index (χ0v) is 10.3. The molecule has 1 aliphatic carbocycles. The molecule has 3 rings (SSSR count). The van der Waals surface area contributed by atoms with E-state index in [-0.39, 0.29) is 5.92 Å². The minimum Gasteiger partial charge on any atom is -0.329 e. The number of benzene rings is 1. The van der Waals surface area contributed by atoms with E-state index >= 15 is 0 Å². The molecule has 2 N–H and O–H groups in total. The molecule has 0 spiro atoms. The minimum atomic E-state index is 0.157. The van der Waals surface area contributed by atoms with Crippen LogP contribution in [0.3, 0.4) is 0 Å². The Morgan fingerprint density at radius 3 is 2.83 bits per heavy atom. The molecule has 18 heavy (non-hydrogen) atoms. The molecular formula is C15H17N3. The van der Waals surface area contributed by atoms with Gasteiger partial charge in [0.2, 0.25) is 0 Å². The van der Waals surface area contributed by atoms with Crippen molar-refractivity contribution in [1.29, 1.82) is 0 Å². The first-order valence-electron chi connectivity index (χ1n) is 6.46. The number of hydrogen-bond donors (Lipinski definition) is 1. The van der Waals surface area contributed by atoms with Gasteiger partial charge in [-0.15, -0.1) is 0 Å². The van der Waals surface area contributed by atoms with Gasteiger partial charge in [-0.25, -0.2) is 0 Å². The van der Waals surface area contributed by atoms with Crippen molar-refractivity contribution in [2.24, 2.45) is 5.73 Å². The summed E-state index contributed by atoms with van der Waals surface area (Å²) >= 11 is 0. The maximum Gasteiger partial charge on any atom is 0.0674 e. The van der Waals surface area contributed by atoms with Gasteiger partial charge in [0.25, 0.3) is 0 Å². The van der Waals surface area contributed by atoms with E-state index in [4.69, 9.17) is 5.73 Å². The summed E-state index contributed by atoms with van der Waals surface area (Å²) in [6, 6.07) is 6.74. The van der Waals surface area contributed by atoms with E-state index in [1.807, 2.05) is 6.20 Å². The summed E-state index contributed by atoms with van der Waals surface area (Å²) in [7, 11) is 0. The van der Waals surface area contributed by atoms with Gasteiger partial charge in [0.15, 0.2) is 0 Å². The first-order chi connectivity index (χ1) is 8.88. The molecule has 1 atom stereocenters. The Bertz CT molecular complexity index is 537. The molecule has 2 aromatic rings. The van der Waals surface area contributed by atoms with Crippen molar-refractivity contribution in [3.63, 3.8) is 0 Å². The molecule has 1 aromatic carbocycles. The number of aromatic nitrogens is 2. The van der Waals surface area contributed by atoms with Gasteiger partial charge in [-0.05, 0) is 36.0 Å². The van der Waals surface area contributed by atoms with Crippen LogP contribution in [0.15, 0.2) is 36.8 Å². The Labute approximate surface area is 107 Å². The molecule has 1 aliphatic rings. The van der Waals surface area contributed by atoms with Gasteiger partial charge in [0.05, 0.1) is 5.69 Å². The molecule has 3 heteroatoms. The third-order valence-corrected chi connectivity index (χ3v) is 3.70. The SMILES string of the molecule is NCC(c1ccc2c(c1)CCC2)c1cnccn1. The molecule has 0 saturated carbocycles. The zero-order chi connectivity index (χ0) is 12.4. The predicted octanol–water partition coefficient (Wildman–Crippen LogP) is 2.06. The van der Waals surface area contributed by atoms with Gasteiger partial charge >= 0.3 is 0 Å². The lowest BCUT2D eigenvalue weighted by Gasteiger charge is -2.15. The van der Waals surface area contributed by atoms with Crippen molar-refractivity contribution >= 4 is 0 Å². The molecular weight excluding hydrogens is 222 g/mol. The van der Waals surface area contributed by atoms with Crippen LogP contribution in [0.5, 0.6) is 0 Å². The second-order valence-corrected chi connectivity index (χ2v) is 4.80. The normalized spacial score (nSPS) is 15.4. The molecule has 0 aliphatic heterocycles. The van der Waals surface area contributed by atoms with Crippen LogP contribution in [0, 0.1) is 0 Å². The second kappa shape index (κ2) is 4.86. The van der Waals surface area contributed by atoms with Crippen LogP contribution in [0.1, 0.15) is 34.7 Å². The van der Waals surface area contributed by atoms with E-state index in [1.165, 1.54) is 36.0 Å². The third-order valence-electron chi connectivity index (χ3n) is 3.70. The van der Waals surface area contributed by atoms with Crippen LogP contribution in [0.4, 0.5) is 0 Å². The van der Waals surface area contributed by atoms with Crippen LogP contribution >= 0.6 is 0 Å². The molecule has 0 bridgehead atoms. The van der Waals surface area contributed by atoms with Gasteiger partial charge < -0.3 is 5.73 Å². The van der Waals surface area contributed by atoms with E-state index in [0.717, 1.165) is 5.69 Å². The highest BCUT2D eigenvalue weighted by molar-refractivity contribution is 5.39. The van der Waals surface area contributed by atoms with E-state index in [0.29, 0.717) is 6.54 Å². The molecule has 0 radical (unpaired) electrons. The van der Waals surface area contributed by atoms with Gasteiger partial charge in [-0.3, -0.25) is 9.97 Å². The van der Waals surface area contributed by atoms with E-state index in [1.54, 1.807) is 12.4 Å². The first-order valence-corrected chi connectivity index (χ1v) is 6.46. The third kappa shape index (κ3) is 2.02. The van der Waals surface area contributed by atoms with E-state index in [9.17, 15) is 0 Å². The van der Waals surface area contributed by atoms with Gasteiger partial charge in [0.1, 0.15) is 0 Å². The highest BCUT2D eigenvalue weighted by Crippen LogP contribution is 2.28. The fourth-order valence-electron chi connectivity index (χ4n) is 2.73. The summed E-state index contributed by atoms with van der Waals surface area (Å²) in [5.41, 5.74) is 11.1. The summed E-state index contributed by atoms with van der Waals surface area (Å²) in [5.74, 6) is 0.157. The molecule has 1 unspecified atom stereocenters. The second-order valence-electron chi connectivity index (χ2n) is 4.80. The average Bonchev–Trinajstić information content (AvgIpc) is 2.88. The lowest BCUT2D eigenvalue weighted by Crippen LogP contribution is -2.15. The van der Waals surface area contributed by atoms with Gasteiger partial charge in [0, 0.05) is 31.1 Å². The Hall–Kier alpha value is -1.74. The summed E-state index contributed by atoms with van der Waals surface area (Å²) in [4.78, 5) is 8.51. The van der Waals surface area contributed by atoms with Crippen molar-refractivity contribution in [2.45, 2.75) is 25.2 Å². The monoisotopic (exact) mass is 239 g/mol. The van der Waals surface area contributed by atoms with Crippen molar-refractivity contribution in [1.82, 2.24) is 9.97 Å². The number of rotatable bonds is 3. The van der Waals surface area contributed by atoms with Crippen LogP contribution in [-0.2, 0) is 12.8 Å². The highest BCUT2D eigenvalue weighted by Gasteiger charge is 2.17. The summed E-state index contributed by atoms with van der Waals surface area (Å²) in [5, 5.41) is 0. The molecule has 1 aromatic heterocycles. The summed E-state index contributed by atoms with van der Waals surface area (Å²) in [6.45, 7) is 0.567. The Morgan fingerprint density at radius 1 is 1.17 bits per heavy atom. The molecule has 3 nitrogen and oxygen atoms in total.